The van der Waals surface area contributed by atoms with Crippen LogP contribution in [0, 0.1) is 5.82 Å². The summed E-state index contributed by atoms with van der Waals surface area (Å²) in [4.78, 5) is 12.1. The van der Waals surface area contributed by atoms with E-state index in [-0.39, 0.29) is 21.4 Å². The molecule has 0 spiro atoms. The van der Waals surface area contributed by atoms with Crippen LogP contribution in [0.1, 0.15) is 15.9 Å². The Kier molecular flexibility index (Phi) is 3.46. The second-order valence-corrected chi connectivity index (χ2v) is 4.20. The van der Waals surface area contributed by atoms with Gasteiger partial charge in [0.2, 0.25) is 0 Å². The van der Waals surface area contributed by atoms with Crippen molar-refractivity contribution < 1.29 is 9.18 Å². The third-order valence-corrected chi connectivity index (χ3v) is 2.99. The third-order valence-electron chi connectivity index (χ3n) is 2.31. The largest absolute Gasteiger partial charge is 0.288 e. The maximum Gasteiger partial charge on any atom is 0.196 e. The minimum Gasteiger partial charge on any atom is -0.288 e. The van der Waals surface area contributed by atoms with E-state index in [4.69, 9.17) is 23.2 Å². The first-order chi connectivity index (χ1) is 8.11. The average molecular weight is 269 g/mol. The van der Waals surface area contributed by atoms with E-state index in [1.165, 1.54) is 6.07 Å². The van der Waals surface area contributed by atoms with Crippen molar-refractivity contribution in [3.05, 3.63) is 69.5 Å². The second-order valence-electron chi connectivity index (χ2n) is 3.41. The summed E-state index contributed by atoms with van der Waals surface area (Å²) >= 11 is 11.6. The molecule has 0 aliphatic heterocycles. The fraction of sp³-hybridized carbons (Fsp3) is 0. The van der Waals surface area contributed by atoms with Crippen molar-refractivity contribution in [3.8, 4) is 0 Å². The standard InChI is InChI=1S/C13H7Cl2FO/c14-9-6-7-10(16)12(15)11(9)13(17)8-4-2-1-3-5-8/h1-7H. The Balaban J connectivity index is 2.56. The first-order valence-corrected chi connectivity index (χ1v) is 5.60. The predicted octanol–water partition coefficient (Wildman–Crippen LogP) is 4.36. The molecule has 0 amide bonds. The van der Waals surface area contributed by atoms with E-state index < -0.39 is 5.82 Å². The molecule has 4 heteroatoms. The van der Waals surface area contributed by atoms with Crippen LogP contribution >= 0.6 is 23.2 Å². The smallest absolute Gasteiger partial charge is 0.196 e. The molecule has 2 aromatic carbocycles. The van der Waals surface area contributed by atoms with E-state index in [2.05, 4.69) is 0 Å². The van der Waals surface area contributed by atoms with E-state index in [0.717, 1.165) is 6.07 Å². The maximum atomic E-state index is 13.3. The Bertz CT molecular complexity index is 567. The Morgan fingerprint density at radius 2 is 1.65 bits per heavy atom. The van der Waals surface area contributed by atoms with Gasteiger partial charge >= 0.3 is 0 Å². The molecule has 0 unspecified atom stereocenters. The molecule has 0 saturated heterocycles. The molecule has 0 saturated carbocycles. The lowest BCUT2D eigenvalue weighted by Gasteiger charge is -2.06. The van der Waals surface area contributed by atoms with Crippen LogP contribution in [0.15, 0.2) is 42.5 Å². The van der Waals surface area contributed by atoms with Crippen LogP contribution in [-0.2, 0) is 0 Å². The second kappa shape index (κ2) is 4.86. The molecule has 86 valence electrons. The lowest BCUT2D eigenvalue weighted by atomic mass is 10.0. The number of carbonyl (C=O) groups is 1. The van der Waals surface area contributed by atoms with Crippen LogP contribution in [0.2, 0.25) is 10.0 Å². The van der Waals surface area contributed by atoms with Gasteiger partial charge in [-0.05, 0) is 12.1 Å². The van der Waals surface area contributed by atoms with Gasteiger partial charge in [0.1, 0.15) is 5.82 Å². The van der Waals surface area contributed by atoms with Gasteiger partial charge in [-0.25, -0.2) is 4.39 Å². The molecule has 1 nitrogen and oxygen atoms in total. The highest BCUT2D eigenvalue weighted by Gasteiger charge is 2.19. The van der Waals surface area contributed by atoms with Crippen LogP contribution in [0.25, 0.3) is 0 Å². The van der Waals surface area contributed by atoms with Gasteiger partial charge in [0, 0.05) is 5.56 Å². The van der Waals surface area contributed by atoms with Gasteiger partial charge in [-0.15, -0.1) is 0 Å². The molecule has 0 bridgehead atoms. The minimum absolute atomic E-state index is 0.000432. The highest BCUT2D eigenvalue weighted by molar-refractivity contribution is 6.41. The van der Waals surface area contributed by atoms with E-state index in [1.54, 1.807) is 30.3 Å². The number of hydrogen-bond donors (Lipinski definition) is 0. The number of hydrogen-bond acceptors (Lipinski definition) is 1. The molecular weight excluding hydrogens is 262 g/mol. The van der Waals surface area contributed by atoms with E-state index >= 15 is 0 Å². The predicted molar refractivity (Wildman–Crippen MR) is 66.3 cm³/mol. The Labute approximate surface area is 108 Å². The van der Waals surface area contributed by atoms with Crippen molar-refractivity contribution in [1.29, 1.82) is 0 Å². The summed E-state index contributed by atoms with van der Waals surface area (Å²) in [6.45, 7) is 0. The Morgan fingerprint density at radius 1 is 1.00 bits per heavy atom. The SMILES string of the molecule is O=C(c1ccccc1)c1c(Cl)ccc(F)c1Cl. The van der Waals surface area contributed by atoms with Crippen LogP contribution in [0.4, 0.5) is 4.39 Å². The van der Waals surface area contributed by atoms with Crippen LogP contribution < -0.4 is 0 Å². The zero-order valence-corrected chi connectivity index (χ0v) is 10.1. The molecular formula is C13H7Cl2FO. The molecule has 0 aliphatic rings. The van der Waals surface area contributed by atoms with Crippen molar-refractivity contribution >= 4 is 29.0 Å². The fourth-order valence-corrected chi connectivity index (χ4v) is 2.01. The molecule has 17 heavy (non-hydrogen) atoms. The molecule has 0 aliphatic carbocycles. The van der Waals surface area contributed by atoms with Gasteiger partial charge in [0.05, 0.1) is 15.6 Å². The molecule has 0 radical (unpaired) electrons. The van der Waals surface area contributed by atoms with Crippen molar-refractivity contribution in [3.63, 3.8) is 0 Å². The fourth-order valence-electron chi connectivity index (χ4n) is 1.47. The van der Waals surface area contributed by atoms with E-state index in [0.29, 0.717) is 5.56 Å². The number of carbonyl (C=O) groups excluding carboxylic acids is 1. The first-order valence-electron chi connectivity index (χ1n) is 4.84. The van der Waals surface area contributed by atoms with Gasteiger partial charge in [-0.1, -0.05) is 53.5 Å². The van der Waals surface area contributed by atoms with Gasteiger partial charge in [0.15, 0.2) is 5.78 Å². The van der Waals surface area contributed by atoms with Crippen molar-refractivity contribution in [1.82, 2.24) is 0 Å². The summed E-state index contributed by atoms with van der Waals surface area (Å²) in [6.07, 6.45) is 0. The van der Waals surface area contributed by atoms with Crippen LogP contribution in [-0.4, -0.2) is 5.78 Å². The van der Waals surface area contributed by atoms with Gasteiger partial charge in [0.25, 0.3) is 0 Å². The summed E-state index contributed by atoms with van der Waals surface area (Å²) in [5.41, 5.74) is 0.418. The van der Waals surface area contributed by atoms with Gasteiger partial charge < -0.3 is 0 Å². The van der Waals surface area contributed by atoms with Crippen molar-refractivity contribution in [2.45, 2.75) is 0 Å². The summed E-state index contributed by atoms with van der Waals surface area (Å²) in [6, 6.07) is 10.9. The molecule has 0 atom stereocenters. The zero-order chi connectivity index (χ0) is 12.4. The van der Waals surface area contributed by atoms with E-state index in [9.17, 15) is 9.18 Å². The monoisotopic (exact) mass is 268 g/mol. The Morgan fingerprint density at radius 3 is 2.29 bits per heavy atom. The average Bonchev–Trinajstić information content (AvgIpc) is 2.35. The molecule has 0 fully saturated rings. The van der Waals surface area contributed by atoms with Crippen molar-refractivity contribution in [2.75, 3.05) is 0 Å². The summed E-state index contributed by atoms with van der Waals surface area (Å²) < 4.78 is 13.3. The quantitative estimate of drug-likeness (QED) is 0.584. The van der Waals surface area contributed by atoms with Crippen LogP contribution in [0.5, 0.6) is 0 Å². The molecule has 2 rings (SSSR count). The minimum atomic E-state index is -0.657. The number of halogens is 3. The lowest BCUT2D eigenvalue weighted by Crippen LogP contribution is -2.04. The highest BCUT2D eigenvalue weighted by Crippen LogP contribution is 2.29. The first kappa shape index (κ1) is 12.1. The van der Waals surface area contributed by atoms with Gasteiger partial charge in [-0.2, -0.15) is 0 Å². The molecule has 0 N–H and O–H groups in total. The summed E-state index contributed by atoms with van der Waals surface area (Å²) in [5, 5.41) is -0.100. The summed E-state index contributed by atoms with van der Waals surface area (Å²) in [7, 11) is 0. The maximum absolute atomic E-state index is 13.3. The molecule has 0 aromatic heterocycles. The number of ketones is 1. The normalized spacial score (nSPS) is 10.3. The highest BCUT2D eigenvalue weighted by atomic mass is 35.5. The summed E-state index contributed by atoms with van der Waals surface area (Å²) in [5.74, 6) is -1.05. The Hall–Kier alpha value is -1.38. The number of benzene rings is 2. The third kappa shape index (κ3) is 2.33. The topological polar surface area (TPSA) is 17.1 Å². The molecule has 0 heterocycles. The van der Waals surface area contributed by atoms with Gasteiger partial charge in [-0.3, -0.25) is 4.79 Å². The number of rotatable bonds is 2. The van der Waals surface area contributed by atoms with Crippen molar-refractivity contribution in [2.24, 2.45) is 0 Å². The lowest BCUT2D eigenvalue weighted by molar-refractivity contribution is 0.103. The van der Waals surface area contributed by atoms with E-state index in [1.807, 2.05) is 0 Å². The van der Waals surface area contributed by atoms with Crippen LogP contribution in [0.3, 0.4) is 0 Å². The molecule has 2 aromatic rings. The zero-order valence-electron chi connectivity index (χ0n) is 8.58.